The third-order valence-corrected chi connectivity index (χ3v) is 7.46. The summed E-state index contributed by atoms with van der Waals surface area (Å²) in [5, 5.41) is 3.81. The normalized spacial score (nSPS) is 16.1. The highest BCUT2D eigenvalue weighted by Crippen LogP contribution is 2.31. The highest BCUT2D eigenvalue weighted by molar-refractivity contribution is 7.99. The SMILES string of the molecule is COc1ccc(N([C@@H](C)C(=O)NCCSC2CCCC2)S(C)(=O)=O)cc1Cl. The molecule has 0 unspecified atom stereocenters. The number of ether oxygens (including phenoxy) is 1. The molecule has 152 valence electrons. The summed E-state index contributed by atoms with van der Waals surface area (Å²) in [4.78, 5) is 12.5. The minimum absolute atomic E-state index is 0.282. The second-order valence-corrected chi connectivity index (χ2v) is 10.3. The fourth-order valence-electron chi connectivity index (χ4n) is 3.20. The maximum absolute atomic E-state index is 12.5. The number of sulfonamides is 1. The molecule has 0 aromatic heterocycles. The van der Waals surface area contributed by atoms with Crippen LogP contribution < -0.4 is 14.4 Å². The first-order valence-corrected chi connectivity index (χ1v) is 12.2. The number of carbonyl (C=O) groups is 1. The van der Waals surface area contributed by atoms with E-state index in [1.807, 2.05) is 11.8 Å². The van der Waals surface area contributed by atoms with E-state index < -0.39 is 16.1 Å². The lowest BCUT2D eigenvalue weighted by atomic mass is 10.2. The Bertz CT molecular complexity index is 752. The van der Waals surface area contributed by atoms with Crippen molar-refractivity contribution in [3.63, 3.8) is 0 Å². The van der Waals surface area contributed by atoms with Crippen LogP contribution in [0.1, 0.15) is 32.6 Å². The van der Waals surface area contributed by atoms with Crippen molar-refractivity contribution in [1.82, 2.24) is 5.32 Å². The summed E-state index contributed by atoms with van der Waals surface area (Å²) < 4.78 is 30.8. The molecular weight excluding hydrogens is 408 g/mol. The summed E-state index contributed by atoms with van der Waals surface area (Å²) in [5.41, 5.74) is 0.325. The zero-order valence-electron chi connectivity index (χ0n) is 15.9. The molecule has 1 aliphatic rings. The van der Waals surface area contributed by atoms with Crippen molar-refractivity contribution in [2.45, 2.75) is 43.9 Å². The van der Waals surface area contributed by atoms with Crippen LogP contribution in [0.25, 0.3) is 0 Å². The maximum atomic E-state index is 12.5. The van der Waals surface area contributed by atoms with Gasteiger partial charge in [-0.3, -0.25) is 9.10 Å². The quantitative estimate of drug-likeness (QED) is 0.603. The average molecular weight is 435 g/mol. The Morgan fingerprint density at radius 1 is 1.41 bits per heavy atom. The molecule has 1 saturated carbocycles. The van der Waals surface area contributed by atoms with Gasteiger partial charge in [0, 0.05) is 17.5 Å². The van der Waals surface area contributed by atoms with Gasteiger partial charge in [0.15, 0.2) is 0 Å². The molecule has 1 aromatic carbocycles. The largest absolute Gasteiger partial charge is 0.495 e. The topological polar surface area (TPSA) is 75.7 Å². The van der Waals surface area contributed by atoms with Crippen molar-refractivity contribution < 1.29 is 17.9 Å². The number of thioether (sulfide) groups is 1. The molecule has 1 N–H and O–H groups in total. The fraction of sp³-hybridized carbons (Fsp3) is 0.611. The Morgan fingerprint density at radius 3 is 2.63 bits per heavy atom. The Kier molecular flexibility index (Phi) is 8.12. The van der Waals surface area contributed by atoms with Gasteiger partial charge in [-0.2, -0.15) is 11.8 Å². The van der Waals surface area contributed by atoms with Gasteiger partial charge >= 0.3 is 0 Å². The zero-order valence-corrected chi connectivity index (χ0v) is 18.3. The van der Waals surface area contributed by atoms with Crippen LogP contribution >= 0.6 is 23.4 Å². The average Bonchev–Trinajstić information content (AvgIpc) is 3.11. The van der Waals surface area contributed by atoms with Gasteiger partial charge in [-0.1, -0.05) is 24.4 Å². The van der Waals surface area contributed by atoms with Gasteiger partial charge in [-0.15, -0.1) is 0 Å². The first kappa shape index (κ1) is 22.2. The number of rotatable bonds is 9. The monoisotopic (exact) mass is 434 g/mol. The van der Waals surface area contributed by atoms with Crippen molar-refractivity contribution in [3.05, 3.63) is 23.2 Å². The van der Waals surface area contributed by atoms with Crippen LogP contribution in [-0.4, -0.2) is 51.3 Å². The van der Waals surface area contributed by atoms with Crippen molar-refractivity contribution in [3.8, 4) is 5.75 Å². The lowest BCUT2D eigenvalue weighted by Gasteiger charge is -2.28. The van der Waals surface area contributed by atoms with Crippen LogP contribution in [0.5, 0.6) is 5.75 Å². The second-order valence-electron chi connectivity index (χ2n) is 6.62. The highest BCUT2D eigenvalue weighted by Gasteiger charge is 2.29. The number of halogens is 1. The summed E-state index contributed by atoms with van der Waals surface area (Å²) in [7, 11) is -2.19. The van der Waals surface area contributed by atoms with Gasteiger partial charge in [0.05, 0.1) is 24.1 Å². The van der Waals surface area contributed by atoms with Crippen LogP contribution in [0.15, 0.2) is 18.2 Å². The molecule has 1 aromatic rings. The first-order valence-electron chi connectivity index (χ1n) is 8.96. The van der Waals surface area contributed by atoms with Gasteiger partial charge in [-0.05, 0) is 38.0 Å². The number of hydrogen-bond donors (Lipinski definition) is 1. The number of nitrogens with zero attached hydrogens (tertiary/aromatic N) is 1. The van der Waals surface area contributed by atoms with Crippen molar-refractivity contribution >= 4 is 45.0 Å². The number of benzene rings is 1. The fourth-order valence-corrected chi connectivity index (χ4v) is 5.84. The lowest BCUT2D eigenvalue weighted by molar-refractivity contribution is -0.121. The number of hydrogen-bond acceptors (Lipinski definition) is 5. The van der Waals surface area contributed by atoms with Crippen molar-refractivity contribution in [2.24, 2.45) is 0 Å². The minimum atomic E-state index is -3.67. The van der Waals surface area contributed by atoms with E-state index >= 15 is 0 Å². The molecule has 1 aliphatic carbocycles. The van der Waals surface area contributed by atoms with E-state index in [9.17, 15) is 13.2 Å². The molecule has 27 heavy (non-hydrogen) atoms. The van der Waals surface area contributed by atoms with Gasteiger partial charge < -0.3 is 10.1 Å². The summed E-state index contributed by atoms with van der Waals surface area (Å²) in [6, 6.07) is 3.76. The third kappa shape index (κ3) is 6.19. The second kappa shape index (κ2) is 9.89. The number of methoxy groups -OCH3 is 1. The van der Waals surface area contributed by atoms with E-state index in [1.54, 1.807) is 19.1 Å². The number of carbonyl (C=O) groups excluding carboxylic acids is 1. The van der Waals surface area contributed by atoms with Crippen LogP contribution in [0.2, 0.25) is 5.02 Å². The summed E-state index contributed by atoms with van der Waals surface area (Å²) in [5.74, 6) is 0.936. The molecule has 0 heterocycles. The summed E-state index contributed by atoms with van der Waals surface area (Å²) >= 11 is 8.00. The Hall–Kier alpha value is -1.12. The predicted octanol–water partition coefficient (Wildman–Crippen LogP) is 3.30. The standard InChI is InChI=1S/C18H27ClN2O4S2/c1-13(18(22)20-10-11-26-15-6-4-5-7-15)21(27(3,23)24)14-8-9-17(25-2)16(19)12-14/h8-9,12-13,15H,4-7,10-11H2,1-3H3,(H,20,22)/t13-/m0/s1. The molecule has 1 amide bonds. The molecule has 0 aliphatic heterocycles. The lowest BCUT2D eigenvalue weighted by Crippen LogP contribution is -2.48. The third-order valence-electron chi connectivity index (χ3n) is 4.54. The number of amides is 1. The first-order chi connectivity index (χ1) is 12.7. The number of nitrogens with one attached hydrogen (secondary N) is 1. The molecule has 1 fully saturated rings. The Balaban J connectivity index is 2.02. The van der Waals surface area contributed by atoms with Crippen LogP contribution in [0, 0.1) is 0 Å². The van der Waals surface area contributed by atoms with E-state index in [-0.39, 0.29) is 10.9 Å². The molecule has 0 saturated heterocycles. The molecule has 6 nitrogen and oxygen atoms in total. The molecule has 0 radical (unpaired) electrons. The van der Waals surface area contributed by atoms with Gasteiger partial charge in [0.25, 0.3) is 0 Å². The minimum Gasteiger partial charge on any atom is -0.495 e. The van der Waals surface area contributed by atoms with E-state index in [1.165, 1.54) is 38.9 Å². The Labute approximate surface area is 171 Å². The number of anilines is 1. The van der Waals surface area contributed by atoms with E-state index in [2.05, 4.69) is 5.32 Å². The van der Waals surface area contributed by atoms with E-state index in [0.29, 0.717) is 23.2 Å². The zero-order chi connectivity index (χ0) is 20.0. The Morgan fingerprint density at radius 2 is 2.07 bits per heavy atom. The van der Waals surface area contributed by atoms with Crippen LogP contribution in [-0.2, 0) is 14.8 Å². The van der Waals surface area contributed by atoms with Gasteiger partial charge in [-0.25, -0.2) is 8.42 Å². The van der Waals surface area contributed by atoms with Crippen molar-refractivity contribution in [2.75, 3.05) is 30.0 Å². The molecule has 0 bridgehead atoms. The highest BCUT2D eigenvalue weighted by atomic mass is 35.5. The summed E-state index contributed by atoms with van der Waals surface area (Å²) in [6.45, 7) is 2.09. The van der Waals surface area contributed by atoms with E-state index in [4.69, 9.17) is 16.3 Å². The maximum Gasteiger partial charge on any atom is 0.243 e. The van der Waals surface area contributed by atoms with Crippen molar-refractivity contribution in [1.29, 1.82) is 0 Å². The van der Waals surface area contributed by atoms with Crippen LogP contribution in [0.3, 0.4) is 0 Å². The molecule has 2 rings (SSSR count). The van der Waals surface area contributed by atoms with Gasteiger partial charge in [0.2, 0.25) is 15.9 Å². The van der Waals surface area contributed by atoms with Gasteiger partial charge in [0.1, 0.15) is 11.8 Å². The predicted molar refractivity (Wildman–Crippen MR) is 113 cm³/mol. The smallest absolute Gasteiger partial charge is 0.243 e. The molecular formula is C18H27ClN2O4S2. The molecule has 9 heteroatoms. The summed E-state index contributed by atoms with van der Waals surface area (Å²) in [6.07, 6.45) is 6.14. The molecule has 1 atom stereocenters. The molecule has 0 spiro atoms. The van der Waals surface area contributed by atoms with Crippen LogP contribution in [0.4, 0.5) is 5.69 Å². The van der Waals surface area contributed by atoms with E-state index in [0.717, 1.165) is 16.3 Å².